The summed E-state index contributed by atoms with van der Waals surface area (Å²) >= 11 is 0. The number of anilines is 2. The summed E-state index contributed by atoms with van der Waals surface area (Å²) in [5, 5.41) is 17.3. The number of carbonyl (C=O) groups is 2. The molecule has 0 aliphatic rings. The van der Waals surface area contributed by atoms with E-state index in [-0.39, 0.29) is 11.9 Å². The summed E-state index contributed by atoms with van der Waals surface area (Å²) in [6.07, 6.45) is 0. The van der Waals surface area contributed by atoms with Crippen LogP contribution in [0.15, 0.2) is 72.8 Å². The van der Waals surface area contributed by atoms with Crippen LogP contribution in [0.2, 0.25) is 0 Å². The molecular weight excluding hydrogens is 352 g/mol. The van der Waals surface area contributed by atoms with Crippen molar-refractivity contribution in [2.45, 2.75) is 0 Å². The topological polar surface area (TPSA) is 94.0 Å². The van der Waals surface area contributed by atoms with E-state index in [0.29, 0.717) is 33.6 Å². The number of carbonyl (C=O) groups excluding carboxylic acids is 2. The number of hydrogen-bond acceptors (Lipinski definition) is 3. The Hall–Kier alpha value is -4.11. The van der Waals surface area contributed by atoms with E-state index < -0.39 is 0 Å². The molecule has 0 radical (unpaired) electrons. The van der Waals surface area contributed by atoms with Crippen LogP contribution in [0.5, 0.6) is 0 Å². The van der Waals surface area contributed by atoms with Gasteiger partial charge in [0.25, 0.3) is 5.91 Å². The zero-order valence-corrected chi connectivity index (χ0v) is 15.2. The summed E-state index contributed by atoms with van der Waals surface area (Å²) < 4.78 is 0. The van der Waals surface area contributed by atoms with Crippen LogP contribution < -0.4 is 16.0 Å². The summed E-state index contributed by atoms with van der Waals surface area (Å²) in [5.41, 5.74) is 3.58. The second-order valence-electron chi connectivity index (χ2n) is 5.94. The summed E-state index contributed by atoms with van der Waals surface area (Å²) in [5.74, 6) is -0.282. The Morgan fingerprint density at radius 1 is 0.786 bits per heavy atom. The van der Waals surface area contributed by atoms with Crippen LogP contribution in [-0.2, 0) is 0 Å². The fourth-order valence-electron chi connectivity index (χ4n) is 2.76. The maximum Gasteiger partial charge on any atom is 0.318 e. The lowest BCUT2D eigenvalue weighted by molar-refractivity contribution is 0.102. The summed E-state index contributed by atoms with van der Waals surface area (Å²) in [7, 11) is 1.53. The molecule has 0 fully saturated rings. The smallest absolute Gasteiger partial charge is 0.318 e. The molecule has 0 saturated carbocycles. The van der Waals surface area contributed by atoms with Gasteiger partial charge in [0, 0.05) is 29.5 Å². The highest BCUT2D eigenvalue weighted by molar-refractivity contribution is 6.09. The van der Waals surface area contributed by atoms with E-state index in [1.54, 1.807) is 48.5 Å². The van der Waals surface area contributed by atoms with Gasteiger partial charge >= 0.3 is 6.03 Å². The van der Waals surface area contributed by atoms with Gasteiger partial charge in [-0.05, 0) is 42.0 Å². The molecule has 0 heterocycles. The number of benzene rings is 3. The minimum atomic E-state index is -0.318. The van der Waals surface area contributed by atoms with Crippen molar-refractivity contribution in [3.05, 3.63) is 83.9 Å². The number of nitriles is 1. The molecule has 0 unspecified atom stereocenters. The Labute approximate surface area is 162 Å². The van der Waals surface area contributed by atoms with Crippen LogP contribution in [-0.4, -0.2) is 19.0 Å². The lowest BCUT2D eigenvalue weighted by atomic mass is 9.95. The maximum absolute atomic E-state index is 12.8. The first-order chi connectivity index (χ1) is 13.6. The Morgan fingerprint density at radius 2 is 1.36 bits per heavy atom. The van der Waals surface area contributed by atoms with Gasteiger partial charge < -0.3 is 16.0 Å². The van der Waals surface area contributed by atoms with E-state index in [1.807, 2.05) is 24.3 Å². The fraction of sp³-hybridized carbons (Fsp3) is 0.0455. The van der Waals surface area contributed by atoms with Gasteiger partial charge in [-0.1, -0.05) is 36.4 Å². The van der Waals surface area contributed by atoms with Gasteiger partial charge in [-0.2, -0.15) is 5.26 Å². The van der Waals surface area contributed by atoms with E-state index in [1.165, 1.54) is 7.05 Å². The Kier molecular flexibility index (Phi) is 5.68. The van der Waals surface area contributed by atoms with Crippen LogP contribution in [0.4, 0.5) is 16.2 Å². The minimum Gasteiger partial charge on any atom is -0.341 e. The third-order valence-electron chi connectivity index (χ3n) is 4.14. The quantitative estimate of drug-likeness (QED) is 0.641. The van der Waals surface area contributed by atoms with Crippen molar-refractivity contribution in [1.82, 2.24) is 5.32 Å². The van der Waals surface area contributed by atoms with Crippen molar-refractivity contribution in [3.63, 3.8) is 0 Å². The van der Waals surface area contributed by atoms with Crippen molar-refractivity contribution in [2.24, 2.45) is 0 Å². The molecule has 3 amide bonds. The van der Waals surface area contributed by atoms with E-state index in [4.69, 9.17) is 0 Å². The zero-order chi connectivity index (χ0) is 19.9. The van der Waals surface area contributed by atoms with Crippen molar-refractivity contribution >= 4 is 23.3 Å². The van der Waals surface area contributed by atoms with Crippen LogP contribution in [0.1, 0.15) is 15.9 Å². The molecule has 0 aliphatic heterocycles. The first-order valence-corrected chi connectivity index (χ1v) is 8.61. The minimum absolute atomic E-state index is 0.282. The molecule has 0 spiro atoms. The summed E-state index contributed by atoms with van der Waals surface area (Å²) in [6, 6.07) is 23.0. The Morgan fingerprint density at radius 3 is 2.00 bits per heavy atom. The van der Waals surface area contributed by atoms with Crippen LogP contribution in [0.25, 0.3) is 11.1 Å². The summed E-state index contributed by atoms with van der Waals surface area (Å²) in [6.45, 7) is 0. The van der Waals surface area contributed by atoms with Crippen molar-refractivity contribution in [3.8, 4) is 17.2 Å². The van der Waals surface area contributed by atoms with Gasteiger partial charge in [0.2, 0.25) is 0 Å². The van der Waals surface area contributed by atoms with Gasteiger partial charge in [-0.3, -0.25) is 4.79 Å². The molecule has 0 aliphatic carbocycles. The van der Waals surface area contributed by atoms with E-state index >= 15 is 0 Å². The SMILES string of the molecule is CNC(=O)Nc1ccc(NC(=O)c2ccccc2-c2ccccc2C#N)cc1. The number of hydrogen-bond donors (Lipinski definition) is 3. The second kappa shape index (κ2) is 8.52. The van der Waals surface area contributed by atoms with Gasteiger partial charge in [0.1, 0.15) is 0 Å². The zero-order valence-electron chi connectivity index (χ0n) is 15.2. The van der Waals surface area contributed by atoms with Crippen molar-refractivity contribution < 1.29 is 9.59 Å². The number of rotatable bonds is 4. The number of nitrogens with one attached hydrogen (secondary N) is 3. The first kappa shape index (κ1) is 18.7. The standard InChI is InChI=1S/C22H18N4O2/c1-24-22(28)26-17-12-10-16(11-13-17)25-21(27)20-9-5-4-8-19(20)18-7-3-2-6-15(18)14-23/h2-13H,1H3,(H,25,27)(H2,24,26,28). The number of urea groups is 1. The lowest BCUT2D eigenvalue weighted by Crippen LogP contribution is -2.24. The molecule has 138 valence electrons. The lowest BCUT2D eigenvalue weighted by Gasteiger charge is -2.12. The number of nitrogens with zero attached hydrogens (tertiary/aromatic N) is 1. The third-order valence-corrected chi connectivity index (χ3v) is 4.14. The fourth-order valence-corrected chi connectivity index (χ4v) is 2.76. The van der Waals surface area contributed by atoms with E-state index in [9.17, 15) is 14.9 Å². The molecule has 3 N–H and O–H groups in total. The first-order valence-electron chi connectivity index (χ1n) is 8.61. The molecule has 3 aromatic carbocycles. The van der Waals surface area contributed by atoms with Crippen LogP contribution in [0.3, 0.4) is 0 Å². The normalized spacial score (nSPS) is 9.86. The van der Waals surface area contributed by atoms with Gasteiger partial charge in [0.15, 0.2) is 0 Å². The molecular formula is C22H18N4O2. The van der Waals surface area contributed by atoms with Gasteiger partial charge in [-0.15, -0.1) is 0 Å². The predicted molar refractivity (Wildman–Crippen MR) is 109 cm³/mol. The highest BCUT2D eigenvalue weighted by Gasteiger charge is 2.15. The van der Waals surface area contributed by atoms with Crippen molar-refractivity contribution in [1.29, 1.82) is 5.26 Å². The average Bonchev–Trinajstić information content (AvgIpc) is 2.75. The molecule has 0 atom stereocenters. The molecule has 6 heteroatoms. The Balaban J connectivity index is 1.84. The molecule has 0 aromatic heterocycles. The highest BCUT2D eigenvalue weighted by Crippen LogP contribution is 2.27. The molecule has 3 aromatic rings. The Bertz CT molecular complexity index is 1050. The largest absolute Gasteiger partial charge is 0.341 e. The van der Waals surface area contributed by atoms with Gasteiger partial charge in [0.05, 0.1) is 11.6 Å². The number of amides is 3. The van der Waals surface area contributed by atoms with Crippen LogP contribution in [0, 0.1) is 11.3 Å². The third kappa shape index (κ3) is 4.17. The predicted octanol–water partition coefficient (Wildman–Crippen LogP) is 4.23. The second-order valence-corrected chi connectivity index (χ2v) is 5.94. The average molecular weight is 370 g/mol. The highest BCUT2D eigenvalue weighted by atomic mass is 16.2. The molecule has 0 bridgehead atoms. The molecule has 0 saturated heterocycles. The van der Waals surface area contributed by atoms with Gasteiger partial charge in [-0.25, -0.2) is 4.79 Å². The van der Waals surface area contributed by atoms with E-state index in [0.717, 1.165) is 0 Å². The van der Waals surface area contributed by atoms with Crippen molar-refractivity contribution in [2.75, 3.05) is 17.7 Å². The molecule has 28 heavy (non-hydrogen) atoms. The maximum atomic E-state index is 12.8. The van der Waals surface area contributed by atoms with E-state index in [2.05, 4.69) is 22.0 Å². The van der Waals surface area contributed by atoms with Crippen LogP contribution >= 0.6 is 0 Å². The monoisotopic (exact) mass is 370 g/mol. The molecule has 6 nitrogen and oxygen atoms in total. The summed E-state index contributed by atoms with van der Waals surface area (Å²) in [4.78, 5) is 24.2. The molecule has 3 rings (SSSR count).